The zero-order chi connectivity index (χ0) is 10.8. The summed E-state index contributed by atoms with van der Waals surface area (Å²) in [5.74, 6) is -1.15. The number of carbonyl (C=O) groups is 1. The van der Waals surface area contributed by atoms with Crippen LogP contribution in [0.1, 0.15) is 15.9 Å². The van der Waals surface area contributed by atoms with Gasteiger partial charge in [-0.3, -0.25) is 0 Å². The van der Waals surface area contributed by atoms with Crippen molar-refractivity contribution in [2.24, 2.45) is 0 Å². The number of hydrogen-bond acceptors (Lipinski definition) is 2. The van der Waals surface area contributed by atoms with Gasteiger partial charge in [0.25, 0.3) is 0 Å². The lowest BCUT2D eigenvalue weighted by Crippen LogP contribution is -2.22. The summed E-state index contributed by atoms with van der Waals surface area (Å²) >= 11 is 0. The molecule has 0 unspecified atom stereocenters. The predicted molar refractivity (Wildman–Crippen MR) is 54.8 cm³/mol. The Labute approximate surface area is 87.6 Å². The minimum absolute atomic E-state index is 0.198. The number of benzene rings is 1. The maximum Gasteiger partial charge on any atom is 0.0716 e. The molecule has 0 fully saturated rings. The Hall–Kier alpha value is -2.03. The molecule has 1 aromatic carbocycles. The Morgan fingerprint density at radius 1 is 1.27 bits per heavy atom. The summed E-state index contributed by atoms with van der Waals surface area (Å²) in [6.45, 7) is 1.94. The van der Waals surface area contributed by atoms with Gasteiger partial charge in [0.2, 0.25) is 0 Å². The molecule has 0 aliphatic carbocycles. The van der Waals surface area contributed by atoms with Crippen molar-refractivity contribution in [2.75, 3.05) is 0 Å². The van der Waals surface area contributed by atoms with E-state index in [9.17, 15) is 9.90 Å². The molecular weight excluding hydrogens is 190 g/mol. The molecule has 0 N–H and O–H groups in total. The first-order chi connectivity index (χ1) is 7.18. The van der Waals surface area contributed by atoms with Crippen molar-refractivity contribution in [1.82, 2.24) is 4.57 Å². The number of aromatic carboxylic acids is 1. The monoisotopic (exact) mass is 200 g/mol. The van der Waals surface area contributed by atoms with Crippen LogP contribution in [-0.2, 0) is 0 Å². The highest BCUT2D eigenvalue weighted by atomic mass is 16.4. The predicted octanol–water partition coefficient (Wildman–Crippen LogP) is 1.15. The topological polar surface area (TPSA) is 45.1 Å². The van der Waals surface area contributed by atoms with Gasteiger partial charge >= 0.3 is 0 Å². The summed E-state index contributed by atoms with van der Waals surface area (Å²) in [5, 5.41) is 10.7. The minimum Gasteiger partial charge on any atom is -0.545 e. The quantitative estimate of drug-likeness (QED) is 0.730. The number of hydrogen-bond donors (Lipinski definition) is 0. The summed E-state index contributed by atoms with van der Waals surface area (Å²) in [6, 6.07) is 8.74. The molecule has 1 aromatic heterocycles. The molecule has 3 nitrogen and oxygen atoms in total. The van der Waals surface area contributed by atoms with Crippen LogP contribution in [0, 0.1) is 6.92 Å². The maximum absolute atomic E-state index is 10.7. The van der Waals surface area contributed by atoms with Gasteiger partial charge in [0.1, 0.15) is 0 Å². The van der Waals surface area contributed by atoms with Crippen LogP contribution in [0.15, 0.2) is 42.7 Å². The Balaban J connectivity index is 2.55. The second kappa shape index (κ2) is 3.61. The van der Waals surface area contributed by atoms with Gasteiger partial charge < -0.3 is 14.5 Å². The molecule has 0 atom stereocenters. The zero-order valence-electron chi connectivity index (χ0n) is 8.31. The lowest BCUT2D eigenvalue weighted by molar-refractivity contribution is -0.255. The van der Waals surface area contributed by atoms with E-state index in [1.807, 2.05) is 36.0 Å². The Bertz CT molecular complexity index is 486. The largest absolute Gasteiger partial charge is 0.545 e. The van der Waals surface area contributed by atoms with Crippen molar-refractivity contribution in [3.63, 3.8) is 0 Å². The summed E-state index contributed by atoms with van der Waals surface area (Å²) in [5.41, 5.74) is 2.09. The highest BCUT2D eigenvalue weighted by Crippen LogP contribution is 2.15. The molecule has 0 radical (unpaired) electrons. The lowest BCUT2D eigenvalue weighted by atomic mass is 10.1. The molecule has 0 aliphatic rings. The van der Waals surface area contributed by atoms with E-state index in [-0.39, 0.29) is 5.56 Å². The van der Waals surface area contributed by atoms with E-state index in [0.717, 1.165) is 11.3 Å². The first kappa shape index (κ1) is 9.52. The maximum atomic E-state index is 10.7. The van der Waals surface area contributed by atoms with E-state index in [0.29, 0.717) is 0 Å². The second-order valence-electron chi connectivity index (χ2n) is 3.38. The van der Waals surface area contributed by atoms with Gasteiger partial charge in [-0.1, -0.05) is 12.1 Å². The van der Waals surface area contributed by atoms with Gasteiger partial charge in [0.15, 0.2) is 0 Å². The Kier molecular flexibility index (Phi) is 2.29. The third kappa shape index (κ3) is 1.76. The smallest absolute Gasteiger partial charge is 0.0716 e. The van der Waals surface area contributed by atoms with Gasteiger partial charge in [0.05, 0.1) is 5.97 Å². The number of carboxylic acid groups (broad SMARTS) is 1. The Morgan fingerprint density at radius 2 is 1.93 bits per heavy atom. The minimum atomic E-state index is -1.15. The second-order valence-corrected chi connectivity index (χ2v) is 3.38. The average molecular weight is 200 g/mol. The summed E-state index contributed by atoms with van der Waals surface area (Å²) in [7, 11) is 0. The fourth-order valence-electron chi connectivity index (χ4n) is 1.51. The van der Waals surface area contributed by atoms with Gasteiger partial charge in [-0.15, -0.1) is 0 Å². The van der Waals surface area contributed by atoms with Crippen molar-refractivity contribution < 1.29 is 9.90 Å². The SMILES string of the molecule is Cc1ccc(C(=O)[O-])cc1-n1cccc1. The van der Waals surface area contributed by atoms with Crippen LogP contribution in [-0.4, -0.2) is 10.5 Å². The molecule has 2 aromatic rings. The molecule has 76 valence electrons. The van der Waals surface area contributed by atoms with Crippen molar-refractivity contribution in [2.45, 2.75) is 6.92 Å². The zero-order valence-corrected chi connectivity index (χ0v) is 8.31. The summed E-state index contributed by atoms with van der Waals surface area (Å²) in [6.07, 6.45) is 3.75. The van der Waals surface area contributed by atoms with Crippen molar-refractivity contribution in [3.05, 3.63) is 53.9 Å². The molecule has 15 heavy (non-hydrogen) atoms. The highest BCUT2D eigenvalue weighted by Gasteiger charge is 2.02. The van der Waals surface area contributed by atoms with Crippen molar-refractivity contribution in [1.29, 1.82) is 0 Å². The fourth-order valence-corrected chi connectivity index (χ4v) is 1.51. The lowest BCUT2D eigenvalue weighted by Gasteiger charge is -2.10. The third-order valence-electron chi connectivity index (χ3n) is 2.33. The molecule has 2 rings (SSSR count). The molecule has 1 heterocycles. The van der Waals surface area contributed by atoms with E-state index >= 15 is 0 Å². The van der Waals surface area contributed by atoms with E-state index in [1.165, 1.54) is 0 Å². The summed E-state index contributed by atoms with van der Waals surface area (Å²) in [4.78, 5) is 10.7. The van der Waals surface area contributed by atoms with Gasteiger partial charge in [-0.2, -0.15) is 0 Å². The molecule has 3 heteroatoms. The number of rotatable bonds is 2. The molecule has 0 amide bonds. The average Bonchev–Trinajstić information content (AvgIpc) is 2.71. The van der Waals surface area contributed by atoms with Crippen LogP contribution in [0.25, 0.3) is 5.69 Å². The first-order valence-corrected chi connectivity index (χ1v) is 4.64. The van der Waals surface area contributed by atoms with E-state index in [4.69, 9.17) is 0 Å². The molecule has 0 spiro atoms. The van der Waals surface area contributed by atoms with Crippen molar-refractivity contribution >= 4 is 5.97 Å². The van der Waals surface area contributed by atoms with Gasteiger partial charge in [-0.05, 0) is 36.2 Å². The van der Waals surface area contributed by atoms with Crippen molar-refractivity contribution in [3.8, 4) is 5.69 Å². The number of nitrogens with zero attached hydrogens (tertiary/aromatic N) is 1. The van der Waals surface area contributed by atoms with Crippen LogP contribution in [0.4, 0.5) is 0 Å². The van der Waals surface area contributed by atoms with Crippen LogP contribution in [0.3, 0.4) is 0 Å². The van der Waals surface area contributed by atoms with E-state index in [2.05, 4.69) is 0 Å². The molecule has 0 bridgehead atoms. The number of aromatic nitrogens is 1. The number of carbonyl (C=O) groups excluding carboxylic acids is 1. The normalized spacial score (nSPS) is 10.2. The number of carboxylic acids is 1. The van der Waals surface area contributed by atoms with E-state index in [1.54, 1.807) is 18.2 Å². The first-order valence-electron chi connectivity index (χ1n) is 4.64. The van der Waals surface area contributed by atoms with Gasteiger partial charge in [-0.25, -0.2) is 0 Å². The highest BCUT2D eigenvalue weighted by molar-refractivity contribution is 5.86. The molecule has 0 saturated carbocycles. The molecule has 0 aliphatic heterocycles. The van der Waals surface area contributed by atoms with Crippen LogP contribution in [0.2, 0.25) is 0 Å². The molecule has 0 saturated heterocycles. The van der Waals surface area contributed by atoms with Crippen LogP contribution < -0.4 is 5.11 Å². The fraction of sp³-hybridized carbons (Fsp3) is 0.0833. The standard InChI is InChI=1S/C12H11NO2/c1-9-4-5-10(12(14)15)8-11(9)13-6-2-3-7-13/h2-8H,1H3,(H,14,15)/p-1. The van der Waals surface area contributed by atoms with Gasteiger partial charge in [0, 0.05) is 18.1 Å². The number of aryl methyl sites for hydroxylation is 1. The van der Waals surface area contributed by atoms with E-state index < -0.39 is 5.97 Å². The van der Waals surface area contributed by atoms with Crippen LogP contribution >= 0.6 is 0 Å². The molecular formula is C12H10NO2-. The Morgan fingerprint density at radius 3 is 2.53 bits per heavy atom. The van der Waals surface area contributed by atoms with Crippen LogP contribution in [0.5, 0.6) is 0 Å². The third-order valence-corrected chi connectivity index (χ3v) is 2.33. The summed E-state index contributed by atoms with van der Waals surface area (Å²) < 4.78 is 1.88.